The van der Waals surface area contributed by atoms with Gasteiger partial charge in [-0.25, -0.2) is 4.57 Å². The highest BCUT2D eigenvalue weighted by atomic mass is 31.2. The molecule has 8 nitrogen and oxygen atoms in total. The predicted octanol–water partition coefficient (Wildman–Crippen LogP) is 8.84. The minimum atomic E-state index is -4.33. The van der Waals surface area contributed by atoms with Crippen LogP contribution in [0.1, 0.15) is 90.9 Å². The Kier molecular flexibility index (Phi) is 28.8. The monoisotopic (exact) mass is 689 g/mol. The number of nitrogens with one attached hydrogen (secondary N) is 1. The van der Waals surface area contributed by atoms with E-state index >= 15 is 0 Å². The zero-order valence-corrected chi connectivity index (χ0v) is 31.3. The molecule has 0 radical (unpaired) electrons. The number of amides is 1. The summed E-state index contributed by atoms with van der Waals surface area (Å²) < 4.78 is 23.1. The van der Waals surface area contributed by atoms with Crippen molar-refractivity contribution in [3.05, 3.63) is 97.2 Å². The first-order chi connectivity index (χ1) is 23.0. The molecule has 0 aliphatic rings. The number of unbranched alkanes of at least 4 members (excludes halogenated alkanes) is 2. The van der Waals surface area contributed by atoms with Crippen molar-refractivity contribution in [3.63, 3.8) is 0 Å². The number of quaternary nitrogens is 1. The maximum Gasteiger partial charge on any atom is 0.472 e. The van der Waals surface area contributed by atoms with Crippen LogP contribution in [-0.2, 0) is 18.4 Å². The summed E-state index contributed by atoms with van der Waals surface area (Å²) in [5, 5.41) is 13.3. The highest BCUT2D eigenvalue weighted by molar-refractivity contribution is 7.47. The van der Waals surface area contributed by atoms with Crippen molar-refractivity contribution in [3.8, 4) is 0 Å². The van der Waals surface area contributed by atoms with E-state index in [0.717, 1.165) is 64.2 Å². The molecule has 0 spiro atoms. The van der Waals surface area contributed by atoms with Crippen molar-refractivity contribution in [1.29, 1.82) is 0 Å². The van der Waals surface area contributed by atoms with Crippen LogP contribution >= 0.6 is 7.82 Å². The van der Waals surface area contributed by atoms with Crippen LogP contribution in [0.15, 0.2) is 97.2 Å². The van der Waals surface area contributed by atoms with Crippen molar-refractivity contribution in [2.45, 2.75) is 103 Å². The Hall–Kier alpha value is -2.58. The molecule has 0 bridgehead atoms. The predicted molar refractivity (Wildman–Crippen MR) is 202 cm³/mol. The van der Waals surface area contributed by atoms with Gasteiger partial charge in [0.1, 0.15) is 13.2 Å². The fourth-order valence-electron chi connectivity index (χ4n) is 3.97. The van der Waals surface area contributed by atoms with E-state index in [1.54, 1.807) is 6.08 Å². The van der Waals surface area contributed by atoms with E-state index in [4.69, 9.17) is 9.05 Å². The summed E-state index contributed by atoms with van der Waals surface area (Å²) >= 11 is 0. The highest BCUT2D eigenvalue weighted by Crippen LogP contribution is 2.43. The van der Waals surface area contributed by atoms with E-state index in [1.807, 2.05) is 34.1 Å². The Balaban J connectivity index is 4.30. The van der Waals surface area contributed by atoms with Gasteiger partial charge < -0.3 is 19.8 Å². The Morgan fingerprint density at radius 2 is 1.21 bits per heavy atom. The first-order valence-electron chi connectivity index (χ1n) is 17.6. The molecule has 0 fully saturated rings. The van der Waals surface area contributed by atoms with Gasteiger partial charge in [-0.05, 0) is 64.2 Å². The van der Waals surface area contributed by atoms with Gasteiger partial charge in [0, 0.05) is 6.42 Å². The lowest BCUT2D eigenvalue weighted by Crippen LogP contribution is -2.45. The molecule has 0 aliphatic heterocycles. The van der Waals surface area contributed by atoms with E-state index in [9.17, 15) is 19.4 Å². The Morgan fingerprint density at radius 3 is 1.67 bits per heavy atom. The number of carbonyl (C=O) groups excluding carboxylic acids is 1. The molecule has 0 aromatic carbocycles. The number of rotatable bonds is 29. The zero-order valence-electron chi connectivity index (χ0n) is 30.4. The van der Waals surface area contributed by atoms with Gasteiger partial charge in [0.15, 0.2) is 0 Å². The minimum Gasteiger partial charge on any atom is -0.387 e. The minimum absolute atomic E-state index is 0.0425. The molecule has 0 saturated carbocycles. The molecular weight excluding hydrogens is 623 g/mol. The number of phosphoric acid groups is 1. The molecular formula is C39H66N2O6P+. The van der Waals surface area contributed by atoms with Crippen molar-refractivity contribution in [1.82, 2.24) is 5.32 Å². The molecule has 0 aromatic rings. The lowest BCUT2D eigenvalue weighted by Gasteiger charge is -2.25. The smallest absolute Gasteiger partial charge is 0.387 e. The largest absolute Gasteiger partial charge is 0.472 e. The van der Waals surface area contributed by atoms with E-state index in [1.165, 1.54) is 0 Å². The second-order valence-corrected chi connectivity index (χ2v) is 14.0. The van der Waals surface area contributed by atoms with Gasteiger partial charge in [-0.2, -0.15) is 0 Å². The number of aliphatic hydroxyl groups excluding tert-OH is 1. The van der Waals surface area contributed by atoms with E-state index < -0.39 is 20.0 Å². The topological polar surface area (TPSA) is 105 Å². The number of likely N-dealkylation sites (N-methyl/N-ethyl adjacent to an activating group) is 1. The number of allylic oxidation sites excluding steroid dienone is 15. The number of hydrogen-bond acceptors (Lipinski definition) is 5. The third kappa shape index (κ3) is 32.0. The first kappa shape index (κ1) is 45.4. The summed E-state index contributed by atoms with van der Waals surface area (Å²) in [6, 6.07) is -0.878. The molecule has 48 heavy (non-hydrogen) atoms. The number of nitrogens with zero attached hydrogens (tertiary/aromatic N) is 1. The van der Waals surface area contributed by atoms with Crippen molar-refractivity contribution < 1.29 is 32.9 Å². The van der Waals surface area contributed by atoms with Crippen molar-refractivity contribution in [2.24, 2.45) is 0 Å². The second kappa shape index (κ2) is 30.5. The molecule has 272 valence electrons. The Labute approximate surface area is 292 Å². The van der Waals surface area contributed by atoms with Gasteiger partial charge in [-0.3, -0.25) is 13.8 Å². The van der Waals surface area contributed by atoms with Crippen LogP contribution < -0.4 is 5.32 Å². The van der Waals surface area contributed by atoms with Crippen LogP contribution in [0.25, 0.3) is 0 Å². The SMILES string of the molecule is CC/C=C\C/C=C\C/C=C\C/C=C\C/C=C\C/C=C\C/C=C\CCCC(=O)NC(COP(=O)(O)OCC[N+](C)(C)C)C(O)/C=C/CCC. The Morgan fingerprint density at radius 1 is 0.729 bits per heavy atom. The molecule has 1 amide bonds. The summed E-state index contributed by atoms with van der Waals surface area (Å²) in [4.78, 5) is 22.6. The molecule has 0 aliphatic carbocycles. The summed E-state index contributed by atoms with van der Waals surface area (Å²) in [7, 11) is 1.50. The summed E-state index contributed by atoms with van der Waals surface area (Å²) in [6.07, 6.45) is 42.8. The van der Waals surface area contributed by atoms with Crippen LogP contribution in [-0.4, -0.2) is 73.4 Å². The molecule has 0 saturated heterocycles. The molecule has 9 heteroatoms. The van der Waals surface area contributed by atoms with Gasteiger partial charge >= 0.3 is 7.82 Å². The van der Waals surface area contributed by atoms with Crippen LogP contribution in [0.2, 0.25) is 0 Å². The standard InChI is InChI=1S/C39H65N2O6P/c1-6-8-10-11-12-13-14-15-16-17-18-19-20-21-22-23-24-25-26-27-28-29-31-33-39(43)40-37(38(42)32-30-9-7-2)36-47-48(44,45)46-35-34-41(3,4)5/h8,10,12-13,15-16,18-19,21-22,24-25,27-28,30,32,37-38,42H,6-7,9,11,14,17,20,23,26,29,31,33-36H2,1-5H3,(H-,40,43,44,45)/p+1/b10-8-,13-12-,16-15-,19-18-,22-21-,25-24-,28-27-,32-30+. The van der Waals surface area contributed by atoms with Gasteiger partial charge in [-0.15, -0.1) is 0 Å². The van der Waals surface area contributed by atoms with E-state index in [0.29, 0.717) is 17.4 Å². The fourth-order valence-corrected chi connectivity index (χ4v) is 4.71. The van der Waals surface area contributed by atoms with Crippen LogP contribution in [0, 0.1) is 0 Å². The lowest BCUT2D eigenvalue weighted by atomic mass is 10.1. The zero-order chi connectivity index (χ0) is 35.8. The van der Waals surface area contributed by atoms with Crippen molar-refractivity contribution in [2.75, 3.05) is 40.9 Å². The van der Waals surface area contributed by atoms with Gasteiger partial charge in [0.05, 0.1) is 39.9 Å². The van der Waals surface area contributed by atoms with E-state index in [2.05, 4.69) is 97.3 Å². The molecule has 3 atom stereocenters. The molecule has 3 unspecified atom stereocenters. The number of phosphoric ester groups is 1. The van der Waals surface area contributed by atoms with Crippen LogP contribution in [0.4, 0.5) is 0 Å². The number of hydrogen-bond donors (Lipinski definition) is 3. The maximum atomic E-state index is 12.6. The molecule has 0 aromatic heterocycles. The van der Waals surface area contributed by atoms with E-state index in [-0.39, 0.29) is 25.5 Å². The van der Waals surface area contributed by atoms with Crippen LogP contribution in [0.3, 0.4) is 0 Å². The number of carbonyl (C=O) groups is 1. The fraction of sp³-hybridized carbons (Fsp3) is 0.564. The van der Waals surface area contributed by atoms with Crippen LogP contribution in [0.5, 0.6) is 0 Å². The third-order valence-corrected chi connectivity index (χ3v) is 7.78. The second-order valence-electron chi connectivity index (χ2n) is 12.5. The highest BCUT2D eigenvalue weighted by Gasteiger charge is 2.27. The van der Waals surface area contributed by atoms with Gasteiger partial charge in [-0.1, -0.05) is 117 Å². The molecule has 0 rings (SSSR count). The summed E-state index contributed by atoms with van der Waals surface area (Å²) in [6.45, 7) is 4.38. The Bertz CT molecular complexity index is 1100. The van der Waals surface area contributed by atoms with Gasteiger partial charge in [0.25, 0.3) is 0 Å². The number of aliphatic hydroxyl groups is 1. The quantitative estimate of drug-likeness (QED) is 0.0314. The third-order valence-electron chi connectivity index (χ3n) is 6.79. The molecule has 0 heterocycles. The van der Waals surface area contributed by atoms with Crippen molar-refractivity contribution >= 4 is 13.7 Å². The summed E-state index contributed by atoms with van der Waals surface area (Å²) in [5.41, 5.74) is 0. The lowest BCUT2D eigenvalue weighted by molar-refractivity contribution is -0.870. The average molecular weight is 690 g/mol. The van der Waals surface area contributed by atoms with Gasteiger partial charge in [0.2, 0.25) is 5.91 Å². The molecule has 3 N–H and O–H groups in total. The summed E-state index contributed by atoms with van der Waals surface area (Å²) in [5.74, 6) is -0.254. The first-order valence-corrected chi connectivity index (χ1v) is 19.1. The maximum absolute atomic E-state index is 12.6. The average Bonchev–Trinajstić information content (AvgIpc) is 3.02. The normalized spacial score (nSPS) is 15.9.